The number of methoxy groups -OCH3 is 1. The number of hydrogen-bond acceptors (Lipinski definition) is 7. The van der Waals surface area contributed by atoms with Gasteiger partial charge < -0.3 is 9.64 Å². The highest BCUT2D eigenvalue weighted by atomic mass is 16.5. The number of ether oxygens (including phenoxy) is 1. The predicted octanol–water partition coefficient (Wildman–Crippen LogP) is 2.75. The fourth-order valence-electron chi connectivity index (χ4n) is 3.56. The lowest BCUT2D eigenvalue weighted by Gasteiger charge is -2.33. The Hall–Kier alpha value is -3.29. The second-order valence-corrected chi connectivity index (χ2v) is 7.22. The molecule has 3 heterocycles. The summed E-state index contributed by atoms with van der Waals surface area (Å²) in [6.07, 6.45) is 14.5. The zero-order chi connectivity index (χ0) is 21.5. The van der Waals surface area contributed by atoms with Gasteiger partial charge in [-0.25, -0.2) is 19.8 Å². The standard InChI is InChI=1S/C22H27N5O3/c1-4-5-6-7-16(2)19-8-11-25-27(19)20(28)17-9-12-26(13-10-17)22-23-14-18(15-24-22)21(29)30-3/h4-7,11,14-15,17,19H,2,8-10,12-13H2,1,3H3/b5-4-,7-6-/t19-/m0/s1. The van der Waals surface area contributed by atoms with Crippen LogP contribution in [0.3, 0.4) is 0 Å². The van der Waals surface area contributed by atoms with Crippen molar-refractivity contribution in [3.63, 3.8) is 0 Å². The van der Waals surface area contributed by atoms with Gasteiger partial charge in [0.25, 0.3) is 0 Å². The highest BCUT2D eigenvalue weighted by Gasteiger charge is 2.35. The molecule has 0 unspecified atom stereocenters. The quantitative estimate of drug-likeness (QED) is 0.530. The molecular weight excluding hydrogens is 382 g/mol. The third kappa shape index (κ3) is 4.82. The van der Waals surface area contributed by atoms with Gasteiger partial charge in [0.05, 0.1) is 18.7 Å². The number of hydrogen-bond donors (Lipinski definition) is 0. The minimum Gasteiger partial charge on any atom is -0.465 e. The molecule has 3 rings (SSSR count). The molecule has 0 saturated carbocycles. The van der Waals surface area contributed by atoms with E-state index in [1.807, 2.05) is 36.1 Å². The molecule has 0 spiro atoms. The van der Waals surface area contributed by atoms with Crippen molar-refractivity contribution < 1.29 is 14.3 Å². The van der Waals surface area contributed by atoms with Crippen molar-refractivity contribution in [2.75, 3.05) is 25.1 Å². The van der Waals surface area contributed by atoms with Crippen molar-refractivity contribution in [2.45, 2.75) is 32.2 Å². The number of hydrazone groups is 1. The van der Waals surface area contributed by atoms with Gasteiger partial charge in [-0.15, -0.1) is 0 Å². The number of rotatable bonds is 6. The van der Waals surface area contributed by atoms with E-state index in [1.54, 1.807) is 11.2 Å². The van der Waals surface area contributed by atoms with Gasteiger partial charge in [-0.1, -0.05) is 30.9 Å². The molecule has 0 N–H and O–H groups in total. The molecular formula is C22H27N5O3. The van der Waals surface area contributed by atoms with Crippen molar-refractivity contribution in [1.82, 2.24) is 15.0 Å². The van der Waals surface area contributed by atoms with Crippen molar-refractivity contribution >= 4 is 24.0 Å². The summed E-state index contributed by atoms with van der Waals surface area (Å²) in [6, 6.07) is -0.119. The average molecular weight is 409 g/mol. The van der Waals surface area contributed by atoms with Crippen LogP contribution in [0.25, 0.3) is 0 Å². The molecule has 1 amide bonds. The Bertz CT molecular complexity index is 867. The molecule has 8 heteroatoms. The number of nitrogens with zero attached hydrogens (tertiary/aromatic N) is 5. The Morgan fingerprint density at radius 3 is 2.53 bits per heavy atom. The molecule has 1 aromatic heterocycles. The van der Waals surface area contributed by atoms with E-state index in [1.165, 1.54) is 19.5 Å². The SMILES string of the molecule is C=C(/C=C\C=C/C)[C@@H]1CC=NN1C(=O)C1CCN(c2ncc(C(=O)OC)cn2)CC1. The Morgan fingerprint density at radius 1 is 1.20 bits per heavy atom. The Kier molecular flexibility index (Phi) is 7.11. The van der Waals surface area contributed by atoms with Crippen LogP contribution in [-0.2, 0) is 9.53 Å². The normalized spacial score (nSPS) is 19.7. The summed E-state index contributed by atoms with van der Waals surface area (Å²) in [5.41, 5.74) is 1.18. The van der Waals surface area contributed by atoms with Crippen LogP contribution >= 0.6 is 0 Å². The molecule has 8 nitrogen and oxygen atoms in total. The van der Waals surface area contributed by atoms with Crippen LogP contribution in [0.5, 0.6) is 0 Å². The first kappa shape index (κ1) is 21.4. The second-order valence-electron chi connectivity index (χ2n) is 7.22. The van der Waals surface area contributed by atoms with Crippen LogP contribution in [0.2, 0.25) is 0 Å². The first-order valence-electron chi connectivity index (χ1n) is 10.0. The summed E-state index contributed by atoms with van der Waals surface area (Å²) < 4.78 is 4.66. The predicted molar refractivity (Wildman–Crippen MR) is 115 cm³/mol. The first-order valence-corrected chi connectivity index (χ1v) is 10.0. The van der Waals surface area contributed by atoms with Crippen LogP contribution in [-0.4, -0.2) is 59.3 Å². The zero-order valence-electron chi connectivity index (χ0n) is 17.4. The highest BCUT2D eigenvalue weighted by Crippen LogP contribution is 2.27. The maximum atomic E-state index is 13.1. The van der Waals surface area contributed by atoms with Crippen LogP contribution in [0, 0.1) is 5.92 Å². The number of piperidine rings is 1. The smallest absolute Gasteiger partial charge is 0.341 e. The van der Waals surface area contributed by atoms with Gasteiger partial charge in [-0.3, -0.25) is 4.79 Å². The van der Waals surface area contributed by atoms with Gasteiger partial charge >= 0.3 is 5.97 Å². The van der Waals surface area contributed by atoms with Gasteiger partial charge in [0, 0.05) is 44.0 Å². The summed E-state index contributed by atoms with van der Waals surface area (Å²) in [7, 11) is 1.32. The monoisotopic (exact) mass is 409 g/mol. The first-order chi connectivity index (χ1) is 14.5. The molecule has 1 atom stereocenters. The van der Waals surface area contributed by atoms with Crippen LogP contribution in [0.1, 0.15) is 36.5 Å². The van der Waals surface area contributed by atoms with E-state index in [0.717, 1.165) is 5.57 Å². The van der Waals surface area contributed by atoms with E-state index in [4.69, 9.17) is 0 Å². The second kappa shape index (κ2) is 9.96. The van der Waals surface area contributed by atoms with E-state index in [2.05, 4.69) is 26.4 Å². The van der Waals surface area contributed by atoms with Crippen molar-refractivity contribution in [1.29, 1.82) is 0 Å². The van der Waals surface area contributed by atoms with Gasteiger partial charge in [-0.05, 0) is 25.3 Å². The molecule has 1 fully saturated rings. The lowest BCUT2D eigenvalue weighted by Crippen LogP contribution is -2.43. The Balaban J connectivity index is 1.57. The van der Waals surface area contributed by atoms with E-state index < -0.39 is 5.97 Å². The van der Waals surface area contributed by atoms with Crippen LogP contribution in [0.15, 0.2) is 54.0 Å². The maximum absolute atomic E-state index is 13.1. The summed E-state index contributed by atoms with van der Waals surface area (Å²) in [4.78, 5) is 35.1. The minimum absolute atomic E-state index is 0.0379. The van der Waals surface area contributed by atoms with Gasteiger partial charge in [-0.2, -0.15) is 5.10 Å². The molecule has 0 radical (unpaired) electrons. The number of aromatic nitrogens is 2. The number of carbonyl (C=O) groups is 2. The fourth-order valence-corrected chi connectivity index (χ4v) is 3.56. The summed E-state index contributed by atoms with van der Waals surface area (Å²) in [5, 5.41) is 5.90. The molecule has 1 saturated heterocycles. The van der Waals surface area contributed by atoms with Crippen LogP contribution < -0.4 is 4.90 Å². The third-order valence-electron chi connectivity index (χ3n) is 5.28. The lowest BCUT2D eigenvalue weighted by atomic mass is 9.94. The molecule has 2 aliphatic heterocycles. The van der Waals surface area contributed by atoms with E-state index >= 15 is 0 Å². The Morgan fingerprint density at radius 2 is 1.90 bits per heavy atom. The molecule has 2 aliphatic rings. The topological polar surface area (TPSA) is 88.0 Å². The fraction of sp³-hybridized carbons (Fsp3) is 0.409. The Labute approximate surface area is 176 Å². The largest absolute Gasteiger partial charge is 0.465 e. The molecule has 1 aromatic rings. The molecule has 30 heavy (non-hydrogen) atoms. The number of allylic oxidation sites excluding steroid dienone is 3. The van der Waals surface area contributed by atoms with Gasteiger partial charge in [0.15, 0.2) is 0 Å². The van der Waals surface area contributed by atoms with Crippen molar-refractivity contribution in [2.24, 2.45) is 11.0 Å². The molecule has 158 valence electrons. The molecule has 0 aromatic carbocycles. The van der Waals surface area contributed by atoms with Crippen LogP contribution in [0.4, 0.5) is 5.95 Å². The number of amides is 1. The van der Waals surface area contributed by atoms with E-state index in [9.17, 15) is 9.59 Å². The lowest BCUT2D eigenvalue weighted by molar-refractivity contribution is -0.137. The minimum atomic E-state index is -0.464. The molecule has 0 bridgehead atoms. The maximum Gasteiger partial charge on any atom is 0.341 e. The van der Waals surface area contributed by atoms with Gasteiger partial charge in [0.1, 0.15) is 0 Å². The third-order valence-corrected chi connectivity index (χ3v) is 5.28. The van der Waals surface area contributed by atoms with Gasteiger partial charge in [0.2, 0.25) is 11.9 Å². The summed E-state index contributed by atoms with van der Waals surface area (Å²) in [6.45, 7) is 7.39. The number of carbonyl (C=O) groups excluding carboxylic acids is 2. The zero-order valence-corrected chi connectivity index (χ0v) is 17.4. The number of esters is 1. The number of anilines is 1. The van der Waals surface area contributed by atoms with E-state index in [-0.39, 0.29) is 17.9 Å². The van der Waals surface area contributed by atoms with E-state index in [0.29, 0.717) is 43.9 Å². The van der Waals surface area contributed by atoms with Crippen molar-refractivity contribution in [3.8, 4) is 0 Å². The highest BCUT2D eigenvalue weighted by molar-refractivity contribution is 5.88. The van der Waals surface area contributed by atoms with Crippen molar-refractivity contribution in [3.05, 3.63) is 54.4 Å². The molecule has 0 aliphatic carbocycles. The average Bonchev–Trinajstić information content (AvgIpc) is 3.28. The summed E-state index contributed by atoms with van der Waals surface area (Å²) >= 11 is 0. The summed E-state index contributed by atoms with van der Waals surface area (Å²) in [5.74, 6) is 0.0263.